The average Bonchev–Trinajstić information content (AvgIpc) is 2.79. The normalized spacial score (nSPS) is 10.9. The van der Waals surface area contributed by atoms with Gasteiger partial charge in [0.2, 0.25) is 0 Å². The fraction of sp³-hybridized carbons (Fsp3) is 0.222. The fourth-order valence-electron chi connectivity index (χ4n) is 4.27. The Balaban J connectivity index is 1.83. The van der Waals surface area contributed by atoms with Crippen molar-refractivity contribution in [3.63, 3.8) is 0 Å². The molecule has 0 radical (unpaired) electrons. The Labute approximate surface area is 179 Å². The fourth-order valence-corrected chi connectivity index (χ4v) is 4.27. The summed E-state index contributed by atoms with van der Waals surface area (Å²) in [4.78, 5) is 0. The number of aromatic nitrogens is 3. The highest BCUT2D eigenvalue weighted by molar-refractivity contribution is 5.49. The highest BCUT2D eigenvalue weighted by Gasteiger charge is 2.23. The molecule has 4 aromatic rings. The predicted octanol–water partition coefficient (Wildman–Crippen LogP) is 3.62. The van der Waals surface area contributed by atoms with Crippen LogP contribution in [0.1, 0.15) is 33.4 Å². The summed E-state index contributed by atoms with van der Waals surface area (Å²) in [6, 6.07) is 18.8. The van der Waals surface area contributed by atoms with Crippen molar-refractivity contribution in [3.8, 4) is 0 Å². The van der Waals surface area contributed by atoms with E-state index in [-0.39, 0.29) is 0 Å². The Kier molecular flexibility index (Phi) is 5.99. The molecule has 0 N–H and O–H groups in total. The Hall–Kier alpha value is -3.33. The summed E-state index contributed by atoms with van der Waals surface area (Å²) in [5, 5.41) is 0. The Morgan fingerprint density at radius 3 is 0.867 bits per heavy atom. The minimum atomic E-state index is 0.887. The van der Waals surface area contributed by atoms with Gasteiger partial charge in [-0.25, -0.2) is 13.7 Å². The van der Waals surface area contributed by atoms with Crippen LogP contribution in [0.15, 0.2) is 91.8 Å². The van der Waals surface area contributed by atoms with Gasteiger partial charge in [-0.1, -0.05) is 18.2 Å². The van der Waals surface area contributed by atoms with Crippen molar-refractivity contribution in [2.24, 2.45) is 0 Å². The summed E-state index contributed by atoms with van der Waals surface area (Å²) < 4.78 is 6.80. The summed E-state index contributed by atoms with van der Waals surface area (Å²) in [6.45, 7) is 9.53. The Morgan fingerprint density at radius 1 is 0.400 bits per heavy atom. The summed E-state index contributed by atoms with van der Waals surface area (Å²) in [7, 11) is 0. The van der Waals surface area contributed by atoms with Crippen LogP contribution >= 0.6 is 0 Å². The van der Waals surface area contributed by atoms with E-state index in [0.717, 1.165) is 19.6 Å². The van der Waals surface area contributed by atoms with Crippen molar-refractivity contribution < 1.29 is 13.7 Å². The molecule has 3 aromatic heterocycles. The third kappa shape index (κ3) is 4.30. The molecule has 0 atom stereocenters. The molecule has 0 saturated carbocycles. The Morgan fingerprint density at radius 2 is 0.633 bits per heavy atom. The van der Waals surface area contributed by atoms with Crippen LogP contribution in [0.3, 0.4) is 0 Å². The molecule has 4 rings (SSSR count). The first-order chi connectivity index (χ1) is 14.6. The quantitative estimate of drug-likeness (QED) is 0.441. The second-order valence-corrected chi connectivity index (χ2v) is 7.95. The van der Waals surface area contributed by atoms with Gasteiger partial charge in [-0.2, -0.15) is 0 Å². The van der Waals surface area contributed by atoms with E-state index in [9.17, 15) is 0 Å². The van der Waals surface area contributed by atoms with E-state index in [4.69, 9.17) is 0 Å². The van der Waals surface area contributed by atoms with Gasteiger partial charge < -0.3 is 0 Å². The maximum Gasteiger partial charge on any atom is 0.174 e. The first-order valence-corrected chi connectivity index (χ1v) is 10.6. The molecule has 0 fully saturated rings. The van der Waals surface area contributed by atoms with Gasteiger partial charge in [0.1, 0.15) is 0 Å². The van der Waals surface area contributed by atoms with E-state index in [1.807, 2.05) is 0 Å². The van der Waals surface area contributed by atoms with Gasteiger partial charge in [0.05, 0.1) is 0 Å². The molecule has 0 aliphatic rings. The summed E-state index contributed by atoms with van der Waals surface area (Å²) in [5.41, 5.74) is 8.48. The Bertz CT molecular complexity index is 954. The third-order valence-corrected chi connectivity index (χ3v) is 6.07. The predicted molar refractivity (Wildman–Crippen MR) is 118 cm³/mol. The van der Waals surface area contributed by atoms with Crippen molar-refractivity contribution in [2.45, 2.75) is 40.4 Å². The maximum absolute atomic E-state index is 2.29. The molecule has 0 unspecified atom stereocenters. The van der Waals surface area contributed by atoms with E-state index in [1.165, 1.54) is 33.4 Å². The molecule has 0 bridgehead atoms. The second kappa shape index (κ2) is 9.00. The number of pyridine rings is 3. The van der Waals surface area contributed by atoms with E-state index >= 15 is 0 Å². The molecule has 0 spiro atoms. The highest BCUT2D eigenvalue weighted by atomic mass is 14.9. The number of nitrogens with zero attached hydrogens (tertiary/aromatic N) is 3. The minimum absolute atomic E-state index is 0.887. The topological polar surface area (TPSA) is 11.6 Å². The van der Waals surface area contributed by atoms with Gasteiger partial charge in [-0.3, -0.25) is 0 Å². The highest BCUT2D eigenvalue weighted by Crippen LogP contribution is 2.27. The van der Waals surface area contributed by atoms with E-state index in [1.54, 1.807) is 0 Å². The van der Waals surface area contributed by atoms with Crippen LogP contribution < -0.4 is 13.7 Å². The monoisotopic (exact) mass is 396 g/mol. The lowest BCUT2D eigenvalue weighted by molar-refractivity contribution is -0.690. The molecule has 30 heavy (non-hydrogen) atoms. The molecule has 3 nitrogen and oxygen atoms in total. The molecule has 1 aromatic carbocycles. The van der Waals surface area contributed by atoms with Gasteiger partial charge in [-0.15, -0.1) is 0 Å². The molecular weight excluding hydrogens is 366 g/mol. The number of rotatable bonds is 6. The number of hydrogen-bond donors (Lipinski definition) is 0. The van der Waals surface area contributed by atoms with Crippen molar-refractivity contribution in [3.05, 3.63) is 125 Å². The molecule has 0 amide bonds. The maximum atomic E-state index is 2.29. The second-order valence-electron chi connectivity index (χ2n) is 7.95. The van der Waals surface area contributed by atoms with Crippen molar-refractivity contribution >= 4 is 0 Å². The van der Waals surface area contributed by atoms with Gasteiger partial charge in [0.15, 0.2) is 56.8 Å². The van der Waals surface area contributed by atoms with Crippen LogP contribution in [0, 0.1) is 20.8 Å². The van der Waals surface area contributed by atoms with Crippen LogP contribution in [-0.4, -0.2) is 0 Å². The van der Waals surface area contributed by atoms with Crippen molar-refractivity contribution in [1.82, 2.24) is 0 Å². The van der Waals surface area contributed by atoms with Gasteiger partial charge >= 0.3 is 0 Å². The van der Waals surface area contributed by atoms with E-state index in [0.29, 0.717) is 0 Å². The molecule has 3 heteroatoms. The number of hydrogen-bond acceptors (Lipinski definition) is 0. The first-order valence-electron chi connectivity index (χ1n) is 10.6. The van der Waals surface area contributed by atoms with Crippen LogP contribution in [0.25, 0.3) is 0 Å². The lowest BCUT2D eigenvalue weighted by Crippen LogP contribution is -2.38. The summed E-state index contributed by atoms with van der Waals surface area (Å²) in [6.07, 6.45) is 12.9. The molecule has 0 aliphatic carbocycles. The zero-order chi connectivity index (χ0) is 20.9. The van der Waals surface area contributed by atoms with Gasteiger partial charge in [0, 0.05) is 53.1 Å². The van der Waals surface area contributed by atoms with Crippen LogP contribution in [0.2, 0.25) is 0 Å². The lowest BCUT2D eigenvalue weighted by Gasteiger charge is -2.18. The van der Waals surface area contributed by atoms with Gasteiger partial charge in [0.25, 0.3) is 0 Å². The van der Waals surface area contributed by atoms with Crippen molar-refractivity contribution in [1.29, 1.82) is 0 Å². The molecule has 150 valence electrons. The lowest BCUT2D eigenvalue weighted by atomic mass is 9.87. The molecule has 0 saturated heterocycles. The SMILES string of the molecule is Cc1c(C[n+]2ccccc2)c(C)c(C[n+]2ccccc2)c(C)c1C[n+]1ccccc1. The smallest absolute Gasteiger partial charge is 0.174 e. The molecule has 0 aliphatic heterocycles. The first kappa shape index (κ1) is 20.0. The van der Waals surface area contributed by atoms with Crippen molar-refractivity contribution in [2.75, 3.05) is 0 Å². The largest absolute Gasteiger partial charge is 0.201 e. The zero-order valence-corrected chi connectivity index (χ0v) is 18.1. The van der Waals surface area contributed by atoms with E-state index in [2.05, 4.69) is 126 Å². The minimum Gasteiger partial charge on any atom is -0.201 e. The standard InChI is InChI=1S/C27H30N3/c1-22-25(19-28-13-7-4-8-14-28)23(2)27(21-30-17-11-6-12-18-30)24(3)26(22)20-29-15-9-5-10-16-29/h4-18H,19-21H2,1-3H3/q+3. The third-order valence-electron chi connectivity index (χ3n) is 6.07. The average molecular weight is 397 g/mol. The van der Waals surface area contributed by atoms with Gasteiger partial charge in [-0.05, 0) is 37.5 Å². The van der Waals surface area contributed by atoms with Crippen LogP contribution in [0.5, 0.6) is 0 Å². The molecule has 3 heterocycles. The molecular formula is C27H30N3+3. The van der Waals surface area contributed by atoms with E-state index < -0.39 is 0 Å². The zero-order valence-electron chi connectivity index (χ0n) is 18.1. The summed E-state index contributed by atoms with van der Waals surface area (Å²) >= 11 is 0. The number of benzene rings is 1. The van der Waals surface area contributed by atoms with Crippen LogP contribution in [-0.2, 0) is 19.6 Å². The summed E-state index contributed by atoms with van der Waals surface area (Å²) in [5.74, 6) is 0. The van der Waals surface area contributed by atoms with Crippen LogP contribution in [0.4, 0.5) is 0 Å².